The summed E-state index contributed by atoms with van der Waals surface area (Å²) in [5, 5.41) is 6.60. The van der Waals surface area contributed by atoms with E-state index >= 15 is 0 Å². The Bertz CT molecular complexity index is 404. The predicted octanol–water partition coefficient (Wildman–Crippen LogP) is 1.34. The average molecular weight is 272 g/mol. The quantitative estimate of drug-likeness (QED) is 0.883. The van der Waals surface area contributed by atoms with Crippen molar-refractivity contribution in [3.63, 3.8) is 0 Å². The van der Waals surface area contributed by atoms with E-state index in [2.05, 4.69) is 38.0 Å². The Kier molecular flexibility index (Phi) is 3.21. The summed E-state index contributed by atoms with van der Waals surface area (Å²) in [5.41, 5.74) is 0.821. The summed E-state index contributed by atoms with van der Waals surface area (Å²) >= 11 is 3.23. The van der Waals surface area contributed by atoms with E-state index in [-0.39, 0.29) is 5.56 Å². The Morgan fingerprint density at radius 2 is 2.53 bits per heavy atom. The molecular weight excluding hydrogens is 258 g/mol. The monoisotopic (exact) mass is 271 g/mol. The van der Waals surface area contributed by atoms with Crippen molar-refractivity contribution in [3.8, 4) is 0 Å². The van der Waals surface area contributed by atoms with Crippen LogP contribution in [0.25, 0.3) is 0 Å². The van der Waals surface area contributed by atoms with E-state index in [1.807, 2.05) is 6.07 Å². The number of likely N-dealkylation sites (N-methyl/N-ethyl adjacent to an activating group) is 1. The molecule has 2 heterocycles. The van der Waals surface area contributed by atoms with Crippen LogP contribution in [0.2, 0.25) is 0 Å². The Balaban J connectivity index is 2.17. The fourth-order valence-corrected chi connectivity index (χ4v) is 2.29. The highest BCUT2D eigenvalue weighted by Gasteiger charge is 2.24. The molecule has 1 unspecified atom stereocenters. The smallest absolute Gasteiger partial charge is 0.278 e. The highest BCUT2D eigenvalue weighted by molar-refractivity contribution is 9.10. The number of aromatic amines is 1. The van der Waals surface area contributed by atoms with Crippen molar-refractivity contribution in [1.82, 2.24) is 15.1 Å². The van der Waals surface area contributed by atoms with Gasteiger partial charge in [-0.05, 0) is 41.5 Å². The van der Waals surface area contributed by atoms with Gasteiger partial charge in [0.25, 0.3) is 5.56 Å². The second-order valence-corrected chi connectivity index (χ2v) is 4.70. The fourth-order valence-electron chi connectivity index (χ4n) is 1.97. The molecule has 1 aromatic heterocycles. The number of halogens is 1. The van der Waals surface area contributed by atoms with Crippen LogP contribution in [0.1, 0.15) is 25.0 Å². The van der Waals surface area contributed by atoms with Crippen molar-refractivity contribution in [3.05, 3.63) is 26.6 Å². The zero-order valence-corrected chi connectivity index (χ0v) is 10.2. The van der Waals surface area contributed by atoms with E-state index in [4.69, 9.17) is 0 Å². The first-order valence-corrected chi connectivity index (χ1v) is 5.97. The predicted molar refractivity (Wildman–Crippen MR) is 62.0 cm³/mol. The van der Waals surface area contributed by atoms with E-state index in [1.165, 1.54) is 0 Å². The van der Waals surface area contributed by atoms with Gasteiger partial charge in [-0.3, -0.25) is 4.79 Å². The number of hydrogen-bond acceptors (Lipinski definition) is 3. The molecule has 0 bridgehead atoms. The fraction of sp³-hybridized carbons (Fsp3) is 0.600. The zero-order chi connectivity index (χ0) is 10.8. The molecule has 1 N–H and O–H groups in total. The first kappa shape index (κ1) is 10.8. The molecule has 1 fully saturated rings. The van der Waals surface area contributed by atoms with E-state index in [1.54, 1.807) is 0 Å². The topological polar surface area (TPSA) is 49.0 Å². The lowest BCUT2D eigenvalue weighted by Crippen LogP contribution is -2.20. The highest BCUT2D eigenvalue weighted by atomic mass is 79.9. The first-order valence-electron chi connectivity index (χ1n) is 5.18. The number of nitrogens with one attached hydrogen (secondary N) is 1. The van der Waals surface area contributed by atoms with Gasteiger partial charge in [0.15, 0.2) is 0 Å². The Hall–Kier alpha value is -0.680. The molecule has 15 heavy (non-hydrogen) atoms. The zero-order valence-electron chi connectivity index (χ0n) is 8.66. The van der Waals surface area contributed by atoms with Gasteiger partial charge in [-0.15, -0.1) is 0 Å². The van der Waals surface area contributed by atoms with Crippen molar-refractivity contribution in [2.24, 2.45) is 0 Å². The second kappa shape index (κ2) is 4.45. The van der Waals surface area contributed by atoms with Crippen LogP contribution in [0.4, 0.5) is 0 Å². The third kappa shape index (κ3) is 2.29. The number of likely N-dealkylation sites (tertiary alicyclic amines) is 1. The van der Waals surface area contributed by atoms with Crippen LogP contribution in [0.15, 0.2) is 15.3 Å². The van der Waals surface area contributed by atoms with Crippen LogP contribution in [0.3, 0.4) is 0 Å². The molecule has 1 atom stereocenters. The maximum atomic E-state index is 11.1. The molecule has 1 aliphatic heterocycles. The summed E-state index contributed by atoms with van der Waals surface area (Å²) in [6.07, 6.45) is 1.12. The first-order chi connectivity index (χ1) is 7.20. The summed E-state index contributed by atoms with van der Waals surface area (Å²) in [5.74, 6) is 0.457. The molecule has 1 aromatic rings. The number of nitrogens with zero attached hydrogens (tertiary/aromatic N) is 2. The molecule has 1 aliphatic rings. The van der Waals surface area contributed by atoms with Gasteiger partial charge >= 0.3 is 0 Å². The maximum absolute atomic E-state index is 11.1. The lowest BCUT2D eigenvalue weighted by atomic mass is 10.1. The SMILES string of the molecule is CCN1CCC(c2cc(Br)c(=O)[nH]n2)C1. The minimum atomic E-state index is -0.163. The molecular formula is C10H14BrN3O. The minimum Gasteiger partial charge on any atom is -0.303 e. The largest absolute Gasteiger partial charge is 0.303 e. The van der Waals surface area contributed by atoms with Crippen molar-refractivity contribution < 1.29 is 0 Å². The van der Waals surface area contributed by atoms with E-state index in [0.717, 1.165) is 31.7 Å². The molecule has 0 spiro atoms. The van der Waals surface area contributed by atoms with Crippen LogP contribution in [-0.4, -0.2) is 34.7 Å². The van der Waals surface area contributed by atoms with Gasteiger partial charge in [-0.1, -0.05) is 6.92 Å². The maximum Gasteiger partial charge on any atom is 0.278 e. The van der Waals surface area contributed by atoms with E-state index < -0.39 is 0 Å². The van der Waals surface area contributed by atoms with Gasteiger partial charge in [-0.2, -0.15) is 5.10 Å². The van der Waals surface area contributed by atoms with Gasteiger partial charge in [0, 0.05) is 12.5 Å². The van der Waals surface area contributed by atoms with Crippen molar-refractivity contribution in [2.45, 2.75) is 19.3 Å². The Morgan fingerprint density at radius 1 is 1.73 bits per heavy atom. The van der Waals surface area contributed by atoms with Crippen LogP contribution in [0, 0.1) is 0 Å². The number of H-pyrrole nitrogens is 1. The molecule has 0 aromatic carbocycles. The van der Waals surface area contributed by atoms with Gasteiger partial charge < -0.3 is 4.90 Å². The van der Waals surface area contributed by atoms with Crippen LogP contribution in [0.5, 0.6) is 0 Å². The van der Waals surface area contributed by atoms with E-state index in [9.17, 15) is 4.79 Å². The van der Waals surface area contributed by atoms with Gasteiger partial charge in [0.05, 0.1) is 10.2 Å². The minimum absolute atomic E-state index is 0.163. The van der Waals surface area contributed by atoms with Gasteiger partial charge in [0.1, 0.15) is 0 Å². The average Bonchev–Trinajstić information content (AvgIpc) is 2.70. The molecule has 0 aliphatic carbocycles. The standard InChI is InChI=1S/C10H14BrN3O/c1-2-14-4-3-7(6-14)9-5-8(11)10(15)13-12-9/h5,7H,2-4,6H2,1H3,(H,13,15). The lowest BCUT2D eigenvalue weighted by molar-refractivity contribution is 0.353. The third-order valence-corrected chi connectivity index (χ3v) is 3.50. The van der Waals surface area contributed by atoms with Crippen molar-refractivity contribution >= 4 is 15.9 Å². The van der Waals surface area contributed by atoms with Crippen LogP contribution < -0.4 is 5.56 Å². The Morgan fingerprint density at radius 3 is 3.13 bits per heavy atom. The normalized spacial score (nSPS) is 22.1. The van der Waals surface area contributed by atoms with E-state index in [0.29, 0.717) is 10.4 Å². The summed E-state index contributed by atoms with van der Waals surface area (Å²) in [6.45, 7) is 5.42. The van der Waals surface area contributed by atoms with Crippen molar-refractivity contribution in [1.29, 1.82) is 0 Å². The van der Waals surface area contributed by atoms with Crippen molar-refractivity contribution in [2.75, 3.05) is 19.6 Å². The number of rotatable bonds is 2. The second-order valence-electron chi connectivity index (χ2n) is 3.85. The lowest BCUT2D eigenvalue weighted by Gasteiger charge is -2.12. The third-order valence-electron chi connectivity index (χ3n) is 2.92. The summed E-state index contributed by atoms with van der Waals surface area (Å²) in [6, 6.07) is 1.84. The van der Waals surface area contributed by atoms with Gasteiger partial charge in [-0.25, -0.2) is 5.10 Å². The molecule has 4 nitrogen and oxygen atoms in total. The molecule has 5 heteroatoms. The molecule has 2 rings (SSSR count). The van der Waals surface area contributed by atoms with Crippen LogP contribution in [-0.2, 0) is 0 Å². The molecule has 0 amide bonds. The summed E-state index contributed by atoms with van der Waals surface area (Å²) in [7, 11) is 0. The van der Waals surface area contributed by atoms with Crippen LogP contribution >= 0.6 is 15.9 Å². The number of aromatic nitrogens is 2. The summed E-state index contributed by atoms with van der Waals surface area (Å²) < 4.78 is 0.572. The highest BCUT2D eigenvalue weighted by Crippen LogP contribution is 2.25. The molecule has 0 saturated carbocycles. The number of hydrogen-bond donors (Lipinski definition) is 1. The molecule has 0 radical (unpaired) electrons. The molecule has 1 saturated heterocycles. The van der Waals surface area contributed by atoms with Gasteiger partial charge in [0.2, 0.25) is 0 Å². The Labute approximate surface area is 96.8 Å². The summed E-state index contributed by atoms with van der Waals surface area (Å²) in [4.78, 5) is 13.5. The molecule has 82 valence electrons.